The fourth-order valence-electron chi connectivity index (χ4n) is 7.27. The molecule has 406 valence electrons. The number of hydrogen-bond donors (Lipinski definition) is 12. The topological polar surface area (TPSA) is 400 Å². The maximum atomic E-state index is 14.4. The van der Waals surface area contributed by atoms with E-state index in [0.29, 0.717) is 30.5 Å². The van der Waals surface area contributed by atoms with E-state index in [2.05, 4.69) is 41.5 Å². The van der Waals surface area contributed by atoms with Gasteiger partial charge in [-0.3, -0.25) is 38.6 Å². The van der Waals surface area contributed by atoms with Gasteiger partial charge in [-0.15, -0.1) is 0 Å². The minimum absolute atomic E-state index is 0.0415. The summed E-state index contributed by atoms with van der Waals surface area (Å²) in [6, 6.07) is -2.43. The first-order chi connectivity index (χ1) is 34.1. The lowest BCUT2D eigenvalue weighted by atomic mass is 9.96. The Kier molecular flexibility index (Phi) is 24.6. The summed E-state index contributed by atoms with van der Waals surface area (Å²) in [4.78, 5) is 130. The number of rotatable bonds is 25. The van der Waals surface area contributed by atoms with Crippen molar-refractivity contribution >= 4 is 59.2 Å². The molecule has 1 aliphatic heterocycles. The van der Waals surface area contributed by atoms with Crippen molar-refractivity contribution < 1.29 is 71.6 Å². The zero-order valence-corrected chi connectivity index (χ0v) is 41.4. The Morgan fingerprint density at radius 1 is 0.863 bits per heavy atom. The molecule has 0 aliphatic carbocycles. The molecule has 0 radical (unpaired) electrons. The first-order valence-corrected chi connectivity index (χ1v) is 23.2. The van der Waals surface area contributed by atoms with Crippen LogP contribution in [-0.2, 0) is 56.0 Å². The number of guanidine groups is 1. The average molecular weight is 1040 g/mol. The van der Waals surface area contributed by atoms with Gasteiger partial charge in [0.2, 0.25) is 41.4 Å². The Morgan fingerprint density at radius 2 is 1.44 bits per heavy atom. The maximum Gasteiger partial charge on any atom is 0.490 e. The number of aliphatic carboxylic acids is 2. The third-order valence-corrected chi connectivity index (χ3v) is 11.8. The highest BCUT2D eigenvalue weighted by Crippen LogP contribution is 2.23. The van der Waals surface area contributed by atoms with Crippen LogP contribution in [0.2, 0.25) is 0 Å². The van der Waals surface area contributed by atoms with Crippen LogP contribution in [0.25, 0.3) is 0 Å². The van der Waals surface area contributed by atoms with Crippen molar-refractivity contribution in [2.45, 2.75) is 128 Å². The van der Waals surface area contributed by atoms with E-state index in [4.69, 9.17) is 27.1 Å². The Hall–Kier alpha value is -7.52. The molecule has 8 atom stereocenters. The number of carbonyl (C=O) groups is 9. The van der Waals surface area contributed by atoms with Crippen LogP contribution in [0.5, 0.6) is 5.75 Å². The number of aromatic nitrogens is 2. The van der Waals surface area contributed by atoms with Crippen LogP contribution in [0, 0.1) is 11.8 Å². The molecule has 1 aliphatic rings. The van der Waals surface area contributed by atoms with Gasteiger partial charge in [0.1, 0.15) is 48.0 Å². The number of aliphatic imine (C=N–C) groups is 1. The van der Waals surface area contributed by atoms with Crippen LogP contribution < -0.4 is 43.8 Å². The lowest BCUT2D eigenvalue weighted by Gasteiger charge is -2.33. The maximum absolute atomic E-state index is 14.4. The number of phenols is 1. The quantitative estimate of drug-likeness (QED) is 0.0309. The minimum Gasteiger partial charge on any atom is -0.508 e. The number of nitrogens with two attached hydrogens (primary N) is 3. The summed E-state index contributed by atoms with van der Waals surface area (Å²) in [7, 11) is 1.35. The predicted octanol–water partition coefficient (Wildman–Crippen LogP) is -1.41. The monoisotopic (exact) mass is 1040 g/mol. The number of likely N-dealkylation sites (N-methyl/N-ethyl adjacent to an activating group) is 1. The van der Waals surface area contributed by atoms with E-state index < -0.39 is 120 Å². The number of hydrogen-bond acceptors (Lipinski definition) is 13. The molecular weight excluding hydrogens is 972 g/mol. The third kappa shape index (κ3) is 19.9. The van der Waals surface area contributed by atoms with Gasteiger partial charge in [0, 0.05) is 44.9 Å². The molecule has 73 heavy (non-hydrogen) atoms. The van der Waals surface area contributed by atoms with E-state index in [1.54, 1.807) is 39.8 Å². The molecule has 0 unspecified atom stereocenters. The van der Waals surface area contributed by atoms with Gasteiger partial charge in [-0.25, -0.2) is 14.6 Å². The smallest absolute Gasteiger partial charge is 0.490 e. The molecule has 25 nitrogen and oxygen atoms in total. The second kappa shape index (κ2) is 29.1. The van der Waals surface area contributed by atoms with Crippen LogP contribution in [0.3, 0.4) is 0 Å². The third-order valence-electron chi connectivity index (χ3n) is 11.8. The molecule has 1 aromatic carbocycles. The van der Waals surface area contributed by atoms with Crippen molar-refractivity contribution in [3.8, 4) is 5.75 Å². The second-order valence-corrected chi connectivity index (χ2v) is 17.6. The van der Waals surface area contributed by atoms with E-state index in [-0.39, 0.29) is 50.5 Å². The highest BCUT2D eigenvalue weighted by atomic mass is 19.4. The molecule has 1 aromatic heterocycles. The van der Waals surface area contributed by atoms with E-state index in [9.17, 15) is 61.7 Å². The molecule has 2 heterocycles. The number of carbonyl (C=O) groups excluding carboxylic acids is 7. The van der Waals surface area contributed by atoms with Gasteiger partial charge in [-0.1, -0.05) is 46.2 Å². The molecule has 2 aromatic rings. The number of alkyl halides is 3. The lowest BCUT2D eigenvalue weighted by Crippen LogP contribution is -2.62. The number of phenolic OH excluding ortho intramolecular Hbond substituents is 1. The number of aromatic hydroxyl groups is 1. The summed E-state index contributed by atoms with van der Waals surface area (Å²) in [6.07, 6.45) is -0.887. The van der Waals surface area contributed by atoms with Crippen LogP contribution >= 0.6 is 0 Å². The number of aromatic amines is 1. The highest BCUT2D eigenvalue weighted by Gasteiger charge is 2.42. The summed E-state index contributed by atoms with van der Waals surface area (Å²) in [5.74, 6) is -9.97. The van der Waals surface area contributed by atoms with E-state index in [1.165, 1.54) is 43.5 Å². The molecular formula is C45H68F3N13O12. The van der Waals surface area contributed by atoms with Crippen LogP contribution in [-0.4, -0.2) is 169 Å². The number of nitrogens with zero attached hydrogens (tertiary/aromatic N) is 4. The van der Waals surface area contributed by atoms with Gasteiger partial charge in [0.05, 0.1) is 12.9 Å². The van der Waals surface area contributed by atoms with Gasteiger partial charge >= 0.3 is 18.1 Å². The van der Waals surface area contributed by atoms with Crippen molar-refractivity contribution in [3.63, 3.8) is 0 Å². The molecule has 1 fully saturated rings. The summed E-state index contributed by atoms with van der Waals surface area (Å²) in [5, 5.41) is 40.1. The van der Waals surface area contributed by atoms with E-state index >= 15 is 0 Å². The number of likely N-dealkylation sites (tertiary alicyclic amines) is 1. The summed E-state index contributed by atoms with van der Waals surface area (Å²) >= 11 is 0. The SMILES string of the molecule is CC[C@H](C)[C@H](NC(=O)[C@H](Cc1ccc(O)cc1)NC(=O)[C@@H](NC(=O)[C@H](CCCN=C(N)N)NC(=O)CN)C(C)C)C(=O)N[C@@H](Cc1cnc[nH]1)C(=O)N1CCC[C@H]1C(=O)N(C)[C@H](C)C(=O)O.O=C(O)C(F)(F)F. The first kappa shape index (κ1) is 61.6. The van der Waals surface area contributed by atoms with Gasteiger partial charge < -0.3 is 73.9 Å². The van der Waals surface area contributed by atoms with Crippen molar-refractivity contribution in [3.05, 3.63) is 48.0 Å². The van der Waals surface area contributed by atoms with E-state index in [1.807, 2.05) is 0 Å². The number of amides is 7. The Labute approximate surface area is 419 Å². The molecule has 28 heteroatoms. The van der Waals surface area contributed by atoms with Crippen molar-refractivity contribution in [1.82, 2.24) is 46.4 Å². The van der Waals surface area contributed by atoms with Crippen LogP contribution in [0.15, 0.2) is 41.8 Å². The number of carboxylic acid groups (broad SMARTS) is 2. The summed E-state index contributed by atoms with van der Waals surface area (Å²) < 4.78 is 31.7. The molecule has 3 rings (SSSR count). The number of H-pyrrole nitrogens is 1. The molecule has 0 bridgehead atoms. The molecule has 15 N–H and O–H groups in total. The van der Waals surface area contributed by atoms with Gasteiger partial charge in [0.25, 0.3) is 0 Å². The largest absolute Gasteiger partial charge is 0.508 e. The Morgan fingerprint density at radius 3 is 1.96 bits per heavy atom. The first-order valence-electron chi connectivity index (χ1n) is 23.2. The second-order valence-electron chi connectivity index (χ2n) is 17.6. The fourth-order valence-corrected chi connectivity index (χ4v) is 7.27. The van der Waals surface area contributed by atoms with Crippen LogP contribution in [0.1, 0.15) is 78.0 Å². The predicted molar refractivity (Wildman–Crippen MR) is 255 cm³/mol. The number of imidazole rings is 1. The van der Waals surface area contributed by atoms with Crippen molar-refractivity contribution in [1.29, 1.82) is 0 Å². The zero-order valence-electron chi connectivity index (χ0n) is 41.4. The normalized spacial score (nSPS) is 16.1. The summed E-state index contributed by atoms with van der Waals surface area (Å²) in [5.41, 5.74) is 17.3. The molecule has 0 spiro atoms. The van der Waals surface area contributed by atoms with Gasteiger partial charge in [-0.05, 0) is 62.1 Å². The highest BCUT2D eigenvalue weighted by molar-refractivity contribution is 5.98. The number of nitrogens with one attached hydrogen (secondary N) is 6. The van der Waals surface area contributed by atoms with Crippen molar-refractivity contribution in [2.24, 2.45) is 34.0 Å². The van der Waals surface area contributed by atoms with Crippen LogP contribution in [0.4, 0.5) is 13.2 Å². The number of benzene rings is 1. The van der Waals surface area contributed by atoms with Crippen molar-refractivity contribution in [2.75, 3.05) is 26.7 Å². The Balaban J connectivity index is 0.00000242. The average Bonchev–Trinajstić information content (AvgIpc) is 4.05. The minimum atomic E-state index is -5.08. The van der Waals surface area contributed by atoms with E-state index in [0.717, 1.165) is 4.90 Å². The standard InChI is InChI=1S/C43H67N13O10.C2HF3O2/c1-7-24(4)35(39(62)52-31(19-27-21-47-22-49-27)40(63)56-17-9-11-32(56)41(64)55(6)25(5)42(65)66)54-37(60)30(18-26-12-14-28(57)15-13-26)51-38(61)34(23(2)3)53-36(59)29(50-33(58)20-44)10-8-16-48-43(45)46;3-2(4,5)1(6)7/h12-15,21-25,29-32,34-35,57H,7-11,16-20,44H2,1-6H3,(H,47,49)(H,50,58)(H,51,61)(H,52,62)(H,53,59)(H,54,60)(H,65,66)(H4,45,46,48);(H,6,7)/t24-,25+,29-,30-,31-,32-,34-,35-;/m0./s1. The Bertz CT molecular complexity index is 2230. The molecule has 1 saturated heterocycles. The van der Waals surface area contributed by atoms with Gasteiger partial charge in [0.15, 0.2) is 5.96 Å². The lowest BCUT2D eigenvalue weighted by molar-refractivity contribution is -0.192. The van der Waals surface area contributed by atoms with Gasteiger partial charge in [-0.2, -0.15) is 13.2 Å². The zero-order chi connectivity index (χ0) is 55.3. The molecule has 7 amide bonds. The number of halogens is 3. The number of carboxylic acids is 2. The summed E-state index contributed by atoms with van der Waals surface area (Å²) in [6.45, 7) is 8.16. The fraction of sp³-hybridized carbons (Fsp3) is 0.578. The molecule has 0 saturated carbocycles.